The second-order valence-corrected chi connectivity index (χ2v) is 4.51. The Morgan fingerprint density at radius 2 is 2.06 bits per heavy atom. The number of rotatable bonds is 4. The van der Waals surface area contributed by atoms with Crippen LogP contribution in [0.25, 0.3) is 0 Å². The minimum atomic E-state index is 0.683. The Bertz CT molecular complexity index is 452. The van der Waals surface area contributed by atoms with Gasteiger partial charge in [0.15, 0.2) is 0 Å². The average molecular weight is 255 g/mol. The highest BCUT2D eigenvalue weighted by molar-refractivity contribution is 6.35. The van der Waals surface area contributed by atoms with Gasteiger partial charge in [0.25, 0.3) is 0 Å². The van der Waals surface area contributed by atoms with E-state index in [0.717, 1.165) is 35.5 Å². The number of aryl methyl sites for hydroxylation is 2. The van der Waals surface area contributed by atoms with E-state index in [2.05, 4.69) is 9.97 Å². The fraction of sp³-hybridized carbons (Fsp3) is 0.250. The molecule has 0 fully saturated rings. The molecule has 16 heavy (non-hydrogen) atoms. The number of nitrogens with zero attached hydrogens (tertiary/aromatic N) is 1. The van der Waals surface area contributed by atoms with Gasteiger partial charge in [0, 0.05) is 21.9 Å². The number of aromatic nitrogens is 2. The number of halogens is 2. The summed E-state index contributed by atoms with van der Waals surface area (Å²) in [6.45, 7) is 0. The van der Waals surface area contributed by atoms with E-state index in [9.17, 15) is 0 Å². The SMILES string of the molecule is Clc1ccc(CCCc2cnc[nH]2)c(Cl)c1. The summed E-state index contributed by atoms with van der Waals surface area (Å²) >= 11 is 11.9. The highest BCUT2D eigenvalue weighted by Crippen LogP contribution is 2.22. The van der Waals surface area contributed by atoms with E-state index in [4.69, 9.17) is 23.2 Å². The smallest absolute Gasteiger partial charge is 0.0921 e. The van der Waals surface area contributed by atoms with Crippen LogP contribution < -0.4 is 0 Å². The van der Waals surface area contributed by atoms with Crippen molar-refractivity contribution in [2.45, 2.75) is 19.3 Å². The van der Waals surface area contributed by atoms with Crippen molar-refractivity contribution < 1.29 is 0 Å². The molecular formula is C12H12Cl2N2. The molecule has 0 aliphatic carbocycles. The number of aromatic amines is 1. The molecule has 0 aliphatic heterocycles. The lowest BCUT2D eigenvalue weighted by Crippen LogP contribution is -1.91. The van der Waals surface area contributed by atoms with Crippen LogP contribution in [-0.2, 0) is 12.8 Å². The van der Waals surface area contributed by atoms with Gasteiger partial charge < -0.3 is 4.98 Å². The molecule has 0 saturated carbocycles. The summed E-state index contributed by atoms with van der Waals surface area (Å²) in [5.74, 6) is 0. The third kappa shape index (κ3) is 3.00. The van der Waals surface area contributed by atoms with Gasteiger partial charge in [-0.2, -0.15) is 0 Å². The minimum Gasteiger partial charge on any atom is -0.348 e. The van der Waals surface area contributed by atoms with Gasteiger partial charge in [0.05, 0.1) is 6.33 Å². The summed E-state index contributed by atoms with van der Waals surface area (Å²) in [7, 11) is 0. The Labute approximate surface area is 105 Å². The van der Waals surface area contributed by atoms with E-state index in [1.165, 1.54) is 0 Å². The van der Waals surface area contributed by atoms with E-state index < -0.39 is 0 Å². The standard InChI is InChI=1S/C12H12Cl2N2/c13-10-5-4-9(12(14)6-10)2-1-3-11-7-15-8-16-11/h4-8H,1-3H2,(H,15,16). The molecule has 1 aromatic heterocycles. The van der Waals surface area contributed by atoms with Crippen LogP contribution in [0.15, 0.2) is 30.7 Å². The molecule has 1 N–H and O–H groups in total. The molecule has 0 unspecified atom stereocenters. The van der Waals surface area contributed by atoms with Crippen LogP contribution in [0.2, 0.25) is 10.0 Å². The number of benzene rings is 1. The molecule has 84 valence electrons. The fourth-order valence-electron chi connectivity index (χ4n) is 1.62. The van der Waals surface area contributed by atoms with E-state index in [0.29, 0.717) is 5.02 Å². The van der Waals surface area contributed by atoms with Crippen LogP contribution in [0.4, 0.5) is 0 Å². The van der Waals surface area contributed by atoms with Crippen LogP contribution in [0.3, 0.4) is 0 Å². The predicted octanol–water partition coefficient (Wildman–Crippen LogP) is 3.89. The normalized spacial score (nSPS) is 10.6. The molecular weight excluding hydrogens is 243 g/mol. The zero-order chi connectivity index (χ0) is 11.4. The predicted molar refractivity (Wildman–Crippen MR) is 67.1 cm³/mol. The van der Waals surface area contributed by atoms with Gasteiger partial charge in [-0.3, -0.25) is 0 Å². The van der Waals surface area contributed by atoms with Gasteiger partial charge in [0.1, 0.15) is 0 Å². The van der Waals surface area contributed by atoms with Crippen LogP contribution in [0.5, 0.6) is 0 Å². The maximum atomic E-state index is 6.09. The van der Waals surface area contributed by atoms with Crippen molar-refractivity contribution in [1.29, 1.82) is 0 Å². The second-order valence-electron chi connectivity index (χ2n) is 3.67. The van der Waals surface area contributed by atoms with Crippen molar-refractivity contribution in [1.82, 2.24) is 9.97 Å². The summed E-state index contributed by atoms with van der Waals surface area (Å²) in [4.78, 5) is 7.06. The topological polar surface area (TPSA) is 28.7 Å². The molecule has 0 spiro atoms. The molecule has 0 bridgehead atoms. The summed E-state index contributed by atoms with van der Waals surface area (Å²) in [5.41, 5.74) is 2.30. The van der Waals surface area contributed by atoms with Crippen molar-refractivity contribution >= 4 is 23.2 Å². The quantitative estimate of drug-likeness (QED) is 0.882. The van der Waals surface area contributed by atoms with Gasteiger partial charge >= 0.3 is 0 Å². The van der Waals surface area contributed by atoms with E-state index in [1.807, 2.05) is 18.3 Å². The average Bonchev–Trinajstić information content (AvgIpc) is 2.74. The monoisotopic (exact) mass is 254 g/mol. The Balaban J connectivity index is 1.90. The lowest BCUT2D eigenvalue weighted by Gasteiger charge is -2.03. The Morgan fingerprint density at radius 1 is 1.19 bits per heavy atom. The van der Waals surface area contributed by atoms with Gasteiger partial charge in [-0.1, -0.05) is 29.3 Å². The molecule has 0 radical (unpaired) electrons. The van der Waals surface area contributed by atoms with Crippen molar-refractivity contribution in [3.8, 4) is 0 Å². The highest BCUT2D eigenvalue weighted by atomic mass is 35.5. The van der Waals surface area contributed by atoms with Crippen molar-refractivity contribution in [2.75, 3.05) is 0 Å². The molecule has 0 aliphatic rings. The van der Waals surface area contributed by atoms with Crippen molar-refractivity contribution in [3.05, 3.63) is 52.0 Å². The summed E-state index contributed by atoms with van der Waals surface area (Å²) in [6.07, 6.45) is 6.53. The molecule has 2 aromatic rings. The largest absolute Gasteiger partial charge is 0.348 e. The summed E-state index contributed by atoms with van der Waals surface area (Å²) in [5, 5.41) is 1.43. The Hall–Kier alpha value is -0.990. The molecule has 2 nitrogen and oxygen atoms in total. The summed E-state index contributed by atoms with van der Waals surface area (Å²) < 4.78 is 0. The molecule has 2 rings (SSSR count). The number of hydrogen-bond donors (Lipinski definition) is 1. The number of nitrogens with one attached hydrogen (secondary N) is 1. The van der Waals surface area contributed by atoms with Crippen molar-refractivity contribution in [2.24, 2.45) is 0 Å². The van der Waals surface area contributed by atoms with E-state index in [1.54, 1.807) is 12.4 Å². The second kappa shape index (κ2) is 5.37. The lowest BCUT2D eigenvalue weighted by molar-refractivity contribution is 0.804. The maximum Gasteiger partial charge on any atom is 0.0921 e. The molecule has 4 heteroatoms. The summed E-state index contributed by atoms with van der Waals surface area (Å²) in [6, 6.07) is 5.64. The molecule has 0 atom stereocenters. The Morgan fingerprint density at radius 3 is 2.75 bits per heavy atom. The van der Waals surface area contributed by atoms with Crippen LogP contribution >= 0.6 is 23.2 Å². The number of H-pyrrole nitrogens is 1. The first-order valence-electron chi connectivity index (χ1n) is 5.17. The molecule has 1 heterocycles. The maximum absolute atomic E-state index is 6.09. The van der Waals surface area contributed by atoms with Crippen LogP contribution in [0.1, 0.15) is 17.7 Å². The van der Waals surface area contributed by atoms with Crippen LogP contribution in [-0.4, -0.2) is 9.97 Å². The van der Waals surface area contributed by atoms with E-state index >= 15 is 0 Å². The highest BCUT2D eigenvalue weighted by Gasteiger charge is 2.01. The molecule has 0 amide bonds. The van der Waals surface area contributed by atoms with Crippen molar-refractivity contribution in [3.63, 3.8) is 0 Å². The number of imidazole rings is 1. The van der Waals surface area contributed by atoms with Gasteiger partial charge in [-0.05, 0) is 37.0 Å². The first-order chi connectivity index (χ1) is 7.75. The first-order valence-corrected chi connectivity index (χ1v) is 5.92. The Kier molecular flexibility index (Phi) is 3.86. The molecule has 1 aromatic carbocycles. The zero-order valence-corrected chi connectivity index (χ0v) is 10.2. The molecule has 0 saturated heterocycles. The zero-order valence-electron chi connectivity index (χ0n) is 8.71. The first kappa shape index (κ1) is 11.5. The van der Waals surface area contributed by atoms with Gasteiger partial charge in [0.2, 0.25) is 0 Å². The fourth-order valence-corrected chi connectivity index (χ4v) is 2.12. The third-order valence-electron chi connectivity index (χ3n) is 2.46. The van der Waals surface area contributed by atoms with Gasteiger partial charge in [-0.15, -0.1) is 0 Å². The minimum absolute atomic E-state index is 0.683. The van der Waals surface area contributed by atoms with E-state index in [-0.39, 0.29) is 0 Å². The lowest BCUT2D eigenvalue weighted by atomic mass is 10.1. The van der Waals surface area contributed by atoms with Gasteiger partial charge in [-0.25, -0.2) is 4.98 Å². The van der Waals surface area contributed by atoms with Crippen LogP contribution in [0, 0.1) is 0 Å². The number of hydrogen-bond acceptors (Lipinski definition) is 1. The third-order valence-corrected chi connectivity index (χ3v) is 3.05.